The first kappa shape index (κ1) is 32.9. The maximum absolute atomic E-state index is 13.9. The molecule has 226 valence electrons. The monoisotopic (exact) mass is 613 g/mol. The van der Waals surface area contributed by atoms with Crippen LogP contribution in [0, 0.1) is 0 Å². The number of nitrogens with one attached hydrogen (secondary N) is 1. The molecule has 10 heteroatoms. The molecule has 0 aliphatic rings. The van der Waals surface area contributed by atoms with Crippen molar-refractivity contribution in [1.82, 2.24) is 10.2 Å². The summed E-state index contributed by atoms with van der Waals surface area (Å²) in [5.74, 6) is 0.139. The van der Waals surface area contributed by atoms with Crippen LogP contribution in [-0.4, -0.2) is 57.1 Å². The maximum atomic E-state index is 13.9. The minimum atomic E-state index is -3.60. The van der Waals surface area contributed by atoms with Crippen molar-refractivity contribution in [3.8, 4) is 5.75 Å². The Balaban J connectivity index is 1.87. The van der Waals surface area contributed by atoms with Gasteiger partial charge in [-0.2, -0.15) is 0 Å². The Morgan fingerprint density at radius 1 is 0.952 bits per heavy atom. The van der Waals surface area contributed by atoms with Crippen molar-refractivity contribution in [3.63, 3.8) is 0 Å². The maximum Gasteiger partial charge on any atom is 0.243 e. The molecule has 0 bridgehead atoms. The van der Waals surface area contributed by atoms with E-state index in [0.29, 0.717) is 22.9 Å². The van der Waals surface area contributed by atoms with Gasteiger partial charge in [-0.15, -0.1) is 0 Å². The molecular formula is C32H40ClN3O5S. The number of amides is 2. The average Bonchev–Trinajstić information content (AvgIpc) is 2.97. The lowest BCUT2D eigenvalue weighted by atomic mass is 10.0. The lowest BCUT2D eigenvalue weighted by Crippen LogP contribution is -2.52. The Morgan fingerprint density at radius 3 is 2.17 bits per heavy atom. The minimum Gasteiger partial charge on any atom is -0.497 e. The number of halogens is 1. The van der Waals surface area contributed by atoms with Gasteiger partial charge in [0.25, 0.3) is 0 Å². The van der Waals surface area contributed by atoms with Crippen LogP contribution in [0.15, 0.2) is 78.9 Å². The number of hydrogen-bond acceptors (Lipinski definition) is 5. The van der Waals surface area contributed by atoms with E-state index in [1.807, 2.05) is 56.3 Å². The summed E-state index contributed by atoms with van der Waals surface area (Å²) in [7, 11) is -2.06. The van der Waals surface area contributed by atoms with Gasteiger partial charge < -0.3 is 15.0 Å². The van der Waals surface area contributed by atoms with Crippen LogP contribution in [-0.2, 0) is 32.6 Å². The molecule has 0 fully saturated rings. The van der Waals surface area contributed by atoms with Crippen molar-refractivity contribution in [3.05, 3.63) is 95.0 Å². The summed E-state index contributed by atoms with van der Waals surface area (Å²) in [5, 5.41) is 3.63. The molecule has 2 unspecified atom stereocenters. The highest BCUT2D eigenvalue weighted by Crippen LogP contribution is 2.23. The molecule has 0 saturated heterocycles. The second kappa shape index (κ2) is 15.6. The summed E-state index contributed by atoms with van der Waals surface area (Å²) in [4.78, 5) is 29.1. The van der Waals surface area contributed by atoms with Crippen LogP contribution < -0.4 is 14.4 Å². The molecule has 0 aliphatic heterocycles. The second-order valence-corrected chi connectivity index (χ2v) is 12.7. The SMILES string of the molecule is CCC(C)NC(=O)C(Cc1ccccc1)N(Cc1ccc(Cl)cc1)C(=O)CCCN(c1ccc(OC)cc1)S(C)(=O)=O. The second-order valence-electron chi connectivity index (χ2n) is 10.3. The van der Waals surface area contributed by atoms with Crippen LogP contribution in [0.5, 0.6) is 5.75 Å². The van der Waals surface area contributed by atoms with E-state index in [-0.39, 0.29) is 43.8 Å². The van der Waals surface area contributed by atoms with Crippen molar-refractivity contribution in [2.75, 3.05) is 24.2 Å². The van der Waals surface area contributed by atoms with Crippen molar-refractivity contribution < 1.29 is 22.7 Å². The van der Waals surface area contributed by atoms with E-state index >= 15 is 0 Å². The Morgan fingerprint density at radius 2 is 1.60 bits per heavy atom. The number of carbonyl (C=O) groups is 2. The van der Waals surface area contributed by atoms with E-state index in [1.54, 1.807) is 48.4 Å². The number of nitrogens with zero attached hydrogens (tertiary/aromatic N) is 2. The molecule has 0 aromatic heterocycles. The van der Waals surface area contributed by atoms with Gasteiger partial charge in [0.2, 0.25) is 21.8 Å². The highest BCUT2D eigenvalue weighted by molar-refractivity contribution is 7.92. The van der Waals surface area contributed by atoms with Gasteiger partial charge in [-0.3, -0.25) is 13.9 Å². The first-order valence-corrected chi connectivity index (χ1v) is 16.2. The Labute approximate surface area is 254 Å². The summed E-state index contributed by atoms with van der Waals surface area (Å²) in [6, 6.07) is 22.7. The molecule has 8 nitrogen and oxygen atoms in total. The molecule has 0 spiro atoms. The fourth-order valence-corrected chi connectivity index (χ4v) is 5.63. The van der Waals surface area contributed by atoms with Gasteiger partial charge in [-0.05, 0) is 67.3 Å². The molecule has 42 heavy (non-hydrogen) atoms. The predicted molar refractivity (Wildman–Crippen MR) is 168 cm³/mol. The fraction of sp³-hybridized carbons (Fsp3) is 0.375. The first-order valence-electron chi connectivity index (χ1n) is 14.0. The number of benzene rings is 3. The molecule has 1 N–H and O–H groups in total. The number of rotatable bonds is 15. The highest BCUT2D eigenvalue weighted by atomic mass is 35.5. The number of ether oxygens (including phenoxy) is 1. The van der Waals surface area contributed by atoms with Crippen molar-refractivity contribution in [2.45, 2.75) is 58.2 Å². The van der Waals surface area contributed by atoms with Crippen LogP contribution >= 0.6 is 11.6 Å². The van der Waals surface area contributed by atoms with Crippen LogP contribution in [0.3, 0.4) is 0 Å². The Bertz CT molecular complexity index is 1400. The zero-order valence-electron chi connectivity index (χ0n) is 24.6. The van der Waals surface area contributed by atoms with Crippen LogP contribution in [0.2, 0.25) is 5.02 Å². The molecule has 3 rings (SSSR count). The zero-order chi connectivity index (χ0) is 30.7. The quantitative estimate of drug-likeness (QED) is 0.246. The van der Waals surface area contributed by atoms with Crippen LogP contribution in [0.1, 0.15) is 44.2 Å². The normalized spacial score (nSPS) is 12.7. The Hall–Kier alpha value is -3.56. The first-order chi connectivity index (χ1) is 20.0. The van der Waals surface area contributed by atoms with Gasteiger partial charge >= 0.3 is 0 Å². The van der Waals surface area contributed by atoms with Crippen LogP contribution in [0.25, 0.3) is 0 Å². The van der Waals surface area contributed by atoms with E-state index in [0.717, 1.165) is 23.8 Å². The average molecular weight is 614 g/mol. The largest absolute Gasteiger partial charge is 0.497 e. The highest BCUT2D eigenvalue weighted by Gasteiger charge is 2.31. The molecule has 2 amide bonds. The minimum absolute atomic E-state index is 0.0532. The molecule has 0 radical (unpaired) electrons. The van der Waals surface area contributed by atoms with E-state index < -0.39 is 16.1 Å². The number of methoxy groups -OCH3 is 1. The van der Waals surface area contributed by atoms with E-state index in [9.17, 15) is 18.0 Å². The molecule has 3 aromatic rings. The van der Waals surface area contributed by atoms with E-state index in [1.165, 1.54) is 4.31 Å². The zero-order valence-corrected chi connectivity index (χ0v) is 26.2. The fourth-order valence-electron chi connectivity index (χ4n) is 4.53. The van der Waals surface area contributed by atoms with Gasteiger partial charge in [0.05, 0.1) is 19.1 Å². The number of hydrogen-bond donors (Lipinski definition) is 1. The molecule has 0 heterocycles. The molecule has 3 aromatic carbocycles. The number of sulfonamides is 1. The third-order valence-electron chi connectivity index (χ3n) is 7.05. The summed E-state index contributed by atoms with van der Waals surface area (Å²) < 4.78 is 31.7. The predicted octanol–water partition coefficient (Wildman–Crippen LogP) is 5.45. The summed E-state index contributed by atoms with van der Waals surface area (Å²) in [6.45, 7) is 4.23. The lowest BCUT2D eigenvalue weighted by molar-refractivity contribution is -0.141. The third-order valence-corrected chi connectivity index (χ3v) is 8.50. The van der Waals surface area contributed by atoms with Gasteiger partial charge in [0.15, 0.2) is 0 Å². The van der Waals surface area contributed by atoms with Crippen molar-refractivity contribution >= 4 is 39.1 Å². The standard InChI is InChI=1S/C32H40ClN3O5S/c1-5-24(2)34-32(38)30(22-25-10-7-6-8-11-25)35(23-26-13-15-27(33)16-14-26)31(37)12-9-21-36(42(4,39)40)28-17-19-29(41-3)20-18-28/h6-8,10-11,13-20,24,30H,5,9,12,21-23H2,1-4H3,(H,34,38). The molecular weight excluding hydrogens is 574 g/mol. The number of anilines is 1. The summed E-state index contributed by atoms with van der Waals surface area (Å²) in [6.07, 6.45) is 2.55. The lowest BCUT2D eigenvalue weighted by Gasteiger charge is -2.32. The van der Waals surface area contributed by atoms with Crippen molar-refractivity contribution in [1.29, 1.82) is 0 Å². The van der Waals surface area contributed by atoms with Gasteiger partial charge in [0.1, 0.15) is 11.8 Å². The molecule has 2 atom stereocenters. The topological polar surface area (TPSA) is 96.0 Å². The van der Waals surface area contributed by atoms with Crippen molar-refractivity contribution in [2.24, 2.45) is 0 Å². The van der Waals surface area contributed by atoms with Gasteiger partial charge in [0, 0.05) is 37.0 Å². The number of carbonyl (C=O) groups excluding carboxylic acids is 2. The van der Waals surface area contributed by atoms with Gasteiger partial charge in [-0.25, -0.2) is 8.42 Å². The smallest absolute Gasteiger partial charge is 0.243 e. The molecule has 0 saturated carbocycles. The summed E-state index contributed by atoms with van der Waals surface area (Å²) in [5.41, 5.74) is 2.25. The summed E-state index contributed by atoms with van der Waals surface area (Å²) >= 11 is 6.10. The van der Waals surface area contributed by atoms with E-state index in [2.05, 4.69) is 5.32 Å². The molecule has 0 aliphatic carbocycles. The van der Waals surface area contributed by atoms with E-state index in [4.69, 9.17) is 16.3 Å². The Kier molecular flexibility index (Phi) is 12.2. The van der Waals surface area contributed by atoms with Crippen LogP contribution in [0.4, 0.5) is 5.69 Å². The third kappa shape index (κ3) is 9.77. The van der Waals surface area contributed by atoms with Gasteiger partial charge in [-0.1, -0.05) is 61.0 Å².